The van der Waals surface area contributed by atoms with Gasteiger partial charge in [-0.1, -0.05) is 0 Å². The number of rotatable bonds is 4. The minimum absolute atomic E-state index is 0.0510. The number of carbonyl (C=O) groups is 2. The number of hydrogen-bond donors (Lipinski definition) is 1. The minimum Gasteiger partial charge on any atom is -0.480 e. The van der Waals surface area contributed by atoms with Crippen molar-refractivity contribution in [1.29, 1.82) is 0 Å². The second kappa shape index (κ2) is 6.00. The molecule has 0 aromatic carbocycles. The van der Waals surface area contributed by atoms with E-state index < -0.39 is 5.97 Å². The van der Waals surface area contributed by atoms with E-state index in [9.17, 15) is 9.59 Å². The van der Waals surface area contributed by atoms with Gasteiger partial charge >= 0.3 is 5.97 Å². The van der Waals surface area contributed by atoms with Gasteiger partial charge in [0.05, 0.1) is 0 Å². The van der Waals surface area contributed by atoms with Crippen molar-refractivity contribution in [3.05, 3.63) is 0 Å². The van der Waals surface area contributed by atoms with Gasteiger partial charge in [-0.05, 0) is 30.3 Å². The maximum absolute atomic E-state index is 11.6. The lowest BCUT2D eigenvalue weighted by atomic mass is 10.0. The van der Waals surface area contributed by atoms with E-state index in [-0.39, 0.29) is 12.5 Å². The van der Waals surface area contributed by atoms with E-state index in [1.54, 1.807) is 7.05 Å². The van der Waals surface area contributed by atoms with Gasteiger partial charge in [0.25, 0.3) is 0 Å². The molecule has 5 heteroatoms. The summed E-state index contributed by atoms with van der Waals surface area (Å²) < 4.78 is 0. The number of hydrogen-bond acceptors (Lipinski definition) is 3. The van der Waals surface area contributed by atoms with Crippen LogP contribution in [0.15, 0.2) is 0 Å². The Bertz CT molecular complexity index is 239. The first-order chi connectivity index (χ1) is 7.09. The summed E-state index contributed by atoms with van der Waals surface area (Å²) in [6.45, 7) is -0.196. The van der Waals surface area contributed by atoms with Gasteiger partial charge in [-0.25, -0.2) is 0 Å². The fraction of sp³-hybridized carbons (Fsp3) is 0.800. The highest BCUT2D eigenvalue weighted by Crippen LogP contribution is 2.25. The lowest BCUT2D eigenvalue weighted by Gasteiger charge is -2.23. The molecule has 0 bridgehead atoms. The Hall–Kier alpha value is -0.710. The molecule has 4 nitrogen and oxygen atoms in total. The van der Waals surface area contributed by atoms with Crippen molar-refractivity contribution in [3.63, 3.8) is 0 Å². The molecule has 86 valence electrons. The average Bonchev–Trinajstić information content (AvgIpc) is 2.18. The number of carbonyl (C=O) groups excluding carboxylic acids is 1. The number of aliphatic carboxylic acids is 1. The lowest BCUT2D eigenvalue weighted by molar-refractivity contribution is -0.143. The lowest BCUT2D eigenvalue weighted by Crippen LogP contribution is -2.33. The van der Waals surface area contributed by atoms with Crippen LogP contribution in [-0.4, -0.2) is 47.0 Å². The van der Waals surface area contributed by atoms with Crippen LogP contribution in [0.1, 0.15) is 19.3 Å². The first kappa shape index (κ1) is 12.4. The number of likely N-dealkylation sites (N-methyl/N-ethyl adjacent to an activating group) is 1. The van der Waals surface area contributed by atoms with E-state index in [4.69, 9.17) is 5.11 Å². The molecule has 1 amide bonds. The fourth-order valence-corrected chi connectivity index (χ4v) is 2.82. The van der Waals surface area contributed by atoms with Gasteiger partial charge in [0, 0.05) is 13.5 Å². The van der Waals surface area contributed by atoms with Crippen LogP contribution in [0.3, 0.4) is 0 Å². The fourth-order valence-electron chi connectivity index (χ4n) is 1.66. The molecule has 1 saturated heterocycles. The van der Waals surface area contributed by atoms with Crippen LogP contribution >= 0.6 is 11.8 Å². The Kier molecular flexibility index (Phi) is 4.94. The second-order valence-electron chi connectivity index (χ2n) is 3.93. The molecule has 0 spiro atoms. The number of thioether (sulfide) groups is 1. The molecule has 15 heavy (non-hydrogen) atoms. The molecule has 1 aliphatic heterocycles. The van der Waals surface area contributed by atoms with E-state index in [0.29, 0.717) is 12.3 Å². The third-order valence-corrected chi connectivity index (χ3v) is 3.80. The van der Waals surface area contributed by atoms with Crippen molar-refractivity contribution in [1.82, 2.24) is 4.90 Å². The van der Waals surface area contributed by atoms with Crippen LogP contribution in [0, 0.1) is 5.92 Å². The molecular formula is C10H17NO3S. The molecule has 1 heterocycles. The molecule has 0 radical (unpaired) electrons. The molecule has 0 aromatic heterocycles. The van der Waals surface area contributed by atoms with Crippen molar-refractivity contribution < 1.29 is 14.7 Å². The highest BCUT2D eigenvalue weighted by molar-refractivity contribution is 7.99. The Morgan fingerprint density at radius 3 is 2.80 bits per heavy atom. The molecule has 1 aliphatic rings. The van der Waals surface area contributed by atoms with Gasteiger partial charge in [0.15, 0.2) is 0 Å². The molecule has 0 aromatic rings. The molecule has 1 atom stereocenters. The van der Waals surface area contributed by atoms with E-state index in [0.717, 1.165) is 12.2 Å². The Balaban J connectivity index is 2.30. The van der Waals surface area contributed by atoms with Gasteiger partial charge in [-0.3, -0.25) is 9.59 Å². The summed E-state index contributed by atoms with van der Waals surface area (Å²) in [5.74, 6) is 1.66. The van der Waals surface area contributed by atoms with Crippen molar-refractivity contribution in [3.8, 4) is 0 Å². The summed E-state index contributed by atoms with van der Waals surface area (Å²) in [6, 6.07) is 0. The number of carboxylic acids is 1. The Labute approximate surface area is 94.0 Å². The zero-order chi connectivity index (χ0) is 11.3. The van der Waals surface area contributed by atoms with Gasteiger partial charge in [0.2, 0.25) is 5.91 Å². The third kappa shape index (κ3) is 4.55. The first-order valence-electron chi connectivity index (χ1n) is 5.13. The summed E-state index contributed by atoms with van der Waals surface area (Å²) in [7, 11) is 1.55. The summed E-state index contributed by atoms with van der Waals surface area (Å²) >= 11 is 1.88. The zero-order valence-electron chi connectivity index (χ0n) is 8.94. The molecular weight excluding hydrogens is 214 g/mol. The van der Waals surface area contributed by atoms with E-state index in [1.165, 1.54) is 17.1 Å². The monoisotopic (exact) mass is 231 g/mol. The predicted molar refractivity (Wildman–Crippen MR) is 59.9 cm³/mol. The molecule has 1 N–H and O–H groups in total. The normalized spacial score (nSPS) is 21.0. The molecule has 0 aliphatic carbocycles. The highest BCUT2D eigenvalue weighted by atomic mass is 32.2. The molecule has 1 rings (SSSR count). The summed E-state index contributed by atoms with van der Waals surface area (Å²) in [5, 5.41) is 8.54. The number of carboxylic acid groups (broad SMARTS) is 1. The van der Waals surface area contributed by atoms with Crippen molar-refractivity contribution in [2.45, 2.75) is 19.3 Å². The number of amides is 1. The second-order valence-corrected chi connectivity index (χ2v) is 5.08. The summed E-state index contributed by atoms with van der Waals surface area (Å²) in [4.78, 5) is 23.3. The van der Waals surface area contributed by atoms with Crippen LogP contribution in [-0.2, 0) is 9.59 Å². The maximum atomic E-state index is 11.6. The number of nitrogens with zero attached hydrogens (tertiary/aromatic N) is 1. The summed E-state index contributed by atoms with van der Waals surface area (Å²) in [5.41, 5.74) is 0. The van der Waals surface area contributed by atoms with Gasteiger partial charge in [-0.2, -0.15) is 11.8 Å². The Morgan fingerprint density at radius 2 is 2.27 bits per heavy atom. The zero-order valence-corrected chi connectivity index (χ0v) is 9.76. The SMILES string of the molecule is CN(CC(=O)O)C(=O)CC1CCCSC1. The van der Waals surface area contributed by atoms with Crippen LogP contribution in [0.4, 0.5) is 0 Å². The average molecular weight is 231 g/mol. The largest absolute Gasteiger partial charge is 0.480 e. The Morgan fingerprint density at radius 1 is 1.53 bits per heavy atom. The van der Waals surface area contributed by atoms with E-state index in [2.05, 4.69) is 0 Å². The minimum atomic E-state index is -0.955. The van der Waals surface area contributed by atoms with Crippen molar-refractivity contribution in [2.24, 2.45) is 5.92 Å². The van der Waals surface area contributed by atoms with Crippen LogP contribution in [0.2, 0.25) is 0 Å². The van der Waals surface area contributed by atoms with Gasteiger partial charge in [0.1, 0.15) is 6.54 Å². The maximum Gasteiger partial charge on any atom is 0.323 e. The third-order valence-electron chi connectivity index (χ3n) is 2.52. The molecule has 0 saturated carbocycles. The van der Waals surface area contributed by atoms with Gasteiger partial charge in [-0.15, -0.1) is 0 Å². The van der Waals surface area contributed by atoms with Crippen LogP contribution < -0.4 is 0 Å². The quantitative estimate of drug-likeness (QED) is 0.786. The van der Waals surface area contributed by atoms with E-state index in [1.807, 2.05) is 11.8 Å². The highest BCUT2D eigenvalue weighted by Gasteiger charge is 2.20. The van der Waals surface area contributed by atoms with Crippen LogP contribution in [0.25, 0.3) is 0 Å². The van der Waals surface area contributed by atoms with Gasteiger partial charge < -0.3 is 10.0 Å². The predicted octanol–water partition coefficient (Wildman–Crippen LogP) is 1.06. The van der Waals surface area contributed by atoms with Crippen molar-refractivity contribution in [2.75, 3.05) is 25.1 Å². The smallest absolute Gasteiger partial charge is 0.323 e. The topological polar surface area (TPSA) is 57.6 Å². The van der Waals surface area contributed by atoms with Crippen LogP contribution in [0.5, 0.6) is 0 Å². The standard InChI is InChI=1S/C10H17NO3S/c1-11(6-10(13)14)9(12)5-8-3-2-4-15-7-8/h8H,2-7H2,1H3,(H,13,14). The molecule has 1 unspecified atom stereocenters. The van der Waals surface area contributed by atoms with E-state index >= 15 is 0 Å². The first-order valence-corrected chi connectivity index (χ1v) is 6.28. The van der Waals surface area contributed by atoms with Crippen molar-refractivity contribution >= 4 is 23.6 Å². The summed E-state index contributed by atoms with van der Waals surface area (Å²) in [6.07, 6.45) is 2.77. The molecule has 1 fully saturated rings.